The first-order valence-electron chi connectivity index (χ1n) is 15.2. The third kappa shape index (κ3) is 3.22. The van der Waals surface area contributed by atoms with Crippen molar-refractivity contribution in [2.24, 2.45) is 0 Å². The minimum absolute atomic E-state index is 0.109. The van der Waals surface area contributed by atoms with E-state index in [0.29, 0.717) is 0 Å². The summed E-state index contributed by atoms with van der Waals surface area (Å²) in [4.78, 5) is 13.7. The molecule has 9 rings (SSSR count). The normalized spacial score (nSPS) is 15.8. The molecule has 2 heterocycles. The zero-order valence-electron chi connectivity index (χ0n) is 24.3. The maximum atomic E-state index is 13.7. The second kappa shape index (κ2) is 8.68. The monoisotopic (exact) mass is 554 g/mol. The molecule has 0 radical (unpaired) electrons. The molecular weight excluding hydrogens is 524 g/mol. The summed E-state index contributed by atoms with van der Waals surface area (Å²) in [6, 6.07) is 36.6. The molecule has 0 spiro atoms. The zero-order valence-corrected chi connectivity index (χ0v) is 24.3. The van der Waals surface area contributed by atoms with Crippen molar-refractivity contribution in [3.63, 3.8) is 0 Å². The van der Waals surface area contributed by atoms with Crippen molar-refractivity contribution in [2.75, 3.05) is 0 Å². The fraction of sp³-hybridized carbons (Fsp3) is 0.125. The summed E-state index contributed by atoms with van der Waals surface area (Å²) in [6.45, 7) is 4.48. The Labute approximate surface area is 250 Å². The number of ketones is 1. The van der Waals surface area contributed by atoms with E-state index in [4.69, 9.17) is 0 Å². The van der Waals surface area contributed by atoms with E-state index in [2.05, 4.69) is 120 Å². The number of hydrogen-bond donors (Lipinski definition) is 0. The Balaban J connectivity index is 1.41. The van der Waals surface area contributed by atoms with Crippen molar-refractivity contribution in [1.82, 2.24) is 9.13 Å². The van der Waals surface area contributed by atoms with E-state index in [1.807, 2.05) is 24.3 Å². The molecule has 0 amide bonds. The van der Waals surface area contributed by atoms with Gasteiger partial charge in [-0.05, 0) is 66.4 Å². The third-order valence-electron chi connectivity index (χ3n) is 9.73. The molecule has 0 aliphatic heterocycles. The number of carbonyl (C=O) groups is 1. The number of carbonyl (C=O) groups excluding carboxylic acids is 1. The average molecular weight is 555 g/mol. The molecule has 5 aromatic carbocycles. The first kappa shape index (κ1) is 24.4. The van der Waals surface area contributed by atoms with Crippen LogP contribution >= 0.6 is 0 Å². The zero-order chi connectivity index (χ0) is 28.9. The predicted molar refractivity (Wildman–Crippen MR) is 178 cm³/mol. The van der Waals surface area contributed by atoms with Gasteiger partial charge in [0, 0.05) is 49.5 Å². The molecule has 0 atom stereocenters. The van der Waals surface area contributed by atoms with Gasteiger partial charge in [0.15, 0.2) is 5.78 Å². The Morgan fingerprint density at radius 1 is 0.628 bits per heavy atom. The first-order chi connectivity index (χ1) is 21.0. The molecule has 2 aliphatic carbocycles. The van der Waals surface area contributed by atoms with Gasteiger partial charge in [-0.3, -0.25) is 4.79 Å². The van der Waals surface area contributed by atoms with Crippen molar-refractivity contribution in [3.05, 3.63) is 144 Å². The highest BCUT2D eigenvalue weighted by Gasteiger charge is 2.37. The molecular formula is C40H30N2O. The van der Waals surface area contributed by atoms with E-state index in [1.54, 1.807) is 0 Å². The standard InChI is InChI=1S/C40H30N2O/c1-40(2)32-17-9-6-15-29(32)39(43)30-21-20-26(24-33(30)40)42-34-18-10-7-14-27(34)28-22-23-36-37(38(28)42)31-16-8-11-19-35(31)41(36)25-12-4-3-5-13-25/h4,6-24H,3,5H2,1-2H3. The SMILES string of the molecule is CC1(C)c2ccccc2C(=O)c2ccc(-n3c4ccccc4c4ccc5c(c6ccccc6n5C5=CCCC=C5)c43)cc21. The Kier molecular flexibility index (Phi) is 4.94. The lowest BCUT2D eigenvalue weighted by atomic mass is 9.68. The fourth-order valence-corrected chi connectivity index (χ4v) is 7.72. The molecule has 2 aromatic heterocycles. The number of benzene rings is 5. The molecule has 206 valence electrons. The number of rotatable bonds is 2. The summed E-state index contributed by atoms with van der Waals surface area (Å²) >= 11 is 0. The van der Waals surface area contributed by atoms with Crippen LogP contribution in [0.1, 0.15) is 53.7 Å². The van der Waals surface area contributed by atoms with Crippen LogP contribution in [0.15, 0.2) is 121 Å². The lowest BCUT2D eigenvalue weighted by Crippen LogP contribution is -2.30. The minimum atomic E-state index is -0.306. The molecule has 3 nitrogen and oxygen atoms in total. The van der Waals surface area contributed by atoms with Gasteiger partial charge < -0.3 is 9.13 Å². The summed E-state index contributed by atoms with van der Waals surface area (Å²) in [6.07, 6.45) is 9.03. The van der Waals surface area contributed by atoms with E-state index in [1.165, 1.54) is 49.3 Å². The Bertz CT molecular complexity index is 2390. The van der Waals surface area contributed by atoms with Crippen LogP contribution in [0.4, 0.5) is 0 Å². The molecule has 0 saturated heterocycles. The van der Waals surface area contributed by atoms with Crippen LogP contribution in [0.3, 0.4) is 0 Å². The van der Waals surface area contributed by atoms with Crippen LogP contribution in [0.5, 0.6) is 0 Å². The largest absolute Gasteiger partial charge is 0.310 e. The molecule has 43 heavy (non-hydrogen) atoms. The number of fused-ring (bicyclic) bond motifs is 9. The van der Waals surface area contributed by atoms with Gasteiger partial charge >= 0.3 is 0 Å². The number of allylic oxidation sites excluding steroid dienone is 4. The van der Waals surface area contributed by atoms with E-state index in [9.17, 15) is 4.79 Å². The number of aromatic nitrogens is 2. The Hall–Kier alpha value is -5.15. The minimum Gasteiger partial charge on any atom is -0.310 e. The maximum Gasteiger partial charge on any atom is 0.193 e. The fourth-order valence-electron chi connectivity index (χ4n) is 7.72. The summed E-state index contributed by atoms with van der Waals surface area (Å²) in [5, 5.41) is 4.96. The average Bonchev–Trinajstić information content (AvgIpc) is 3.57. The van der Waals surface area contributed by atoms with Gasteiger partial charge in [0.1, 0.15) is 0 Å². The van der Waals surface area contributed by atoms with Gasteiger partial charge in [0.25, 0.3) is 0 Å². The van der Waals surface area contributed by atoms with Gasteiger partial charge in [0.2, 0.25) is 0 Å². The Morgan fingerprint density at radius 3 is 2.16 bits per heavy atom. The first-order valence-corrected chi connectivity index (χ1v) is 15.2. The van der Waals surface area contributed by atoms with Crippen molar-refractivity contribution in [2.45, 2.75) is 32.1 Å². The van der Waals surface area contributed by atoms with Crippen LogP contribution in [0.2, 0.25) is 0 Å². The highest BCUT2D eigenvalue weighted by atomic mass is 16.1. The van der Waals surface area contributed by atoms with Crippen LogP contribution in [-0.4, -0.2) is 14.9 Å². The van der Waals surface area contributed by atoms with E-state index in [-0.39, 0.29) is 11.2 Å². The molecule has 7 aromatic rings. The lowest BCUT2D eigenvalue weighted by Gasteiger charge is -2.34. The van der Waals surface area contributed by atoms with Gasteiger partial charge in [-0.2, -0.15) is 0 Å². The second-order valence-corrected chi connectivity index (χ2v) is 12.4. The van der Waals surface area contributed by atoms with Crippen LogP contribution in [0, 0.1) is 0 Å². The van der Waals surface area contributed by atoms with E-state index >= 15 is 0 Å². The molecule has 0 saturated carbocycles. The smallest absolute Gasteiger partial charge is 0.193 e. The van der Waals surface area contributed by atoms with Crippen LogP contribution in [0.25, 0.3) is 55.0 Å². The van der Waals surface area contributed by atoms with Crippen molar-refractivity contribution >= 4 is 55.1 Å². The number of para-hydroxylation sites is 2. The summed E-state index contributed by atoms with van der Waals surface area (Å²) in [7, 11) is 0. The van der Waals surface area contributed by atoms with E-state index < -0.39 is 0 Å². The van der Waals surface area contributed by atoms with E-state index in [0.717, 1.165) is 40.8 Å². The van der Waals surface area contributed by atoms with Crippen LogP contribution in [-0.2, 0) is 5.41 Å². The Morgan fingerprint density at radius 2 is 1.35 bits per heavy atom. The number of nitrogens with zero attached hydrogens (tertiary/aromatic N) is 2. The lowest BCUT2D eigenvalue weighted by molar-refractivity contribution is 0.103. The highest BCUT2D eigenvalue weighted by molar-refractivity contribution is 6.26. The second-order valence-electron chi connectivity index (χ2n) is 12.4. The third-order valence-corrected chi connectivity index (χ3v) is 9.73. The van der Waals surface area contributed by atoms with Gasteiger partial charge in [-0.1, -0.05) is 92.7 Å². The molecule has 0 unspecified atom stereocenters. The van der Waals surface area contributed by atoms with Gasteiger partial charge in [0.05, 0.1) is 22.1 Å². The maximum absolute atomic E-state index is 13.7. The van der Waals surface area contributed by atoms with Gasteiger partial charge in [-0.15, -0.1) is 0 Å². The van der Waals surface area contributed by atoms with Crippen molar-refractivity contribution < 1.29 is 4.79 Å². The summed E-state index contributed by atoms with van der Waals surface area (Å²) < 4.78 is 4.85. The summed E-state index contributed by atoms with van der Waals surface area (Å²) in [5.74, 6) is 0.109. The topological polar surface area (TPSA) is 26.9 Å². The molecule has 3 heteroatoms. The summed E-state index contributed by atoms with van der Waals surface area (Å²) in [5.41, 5.74) is 10.6. The van der Waals surface area contributed by atoms with Crippen LogP contribution < -0.4 is 0 Å². The highest BCUT2D eigenvalue weighted by Crippen LogP contribution is 2.45. The number of hydrogen-bond acceptors (Lipinski definition) is 1. The van der Waals surface area contributed by atoms with Gasteiger partial charge in [-0.25, -0.2) is 0 Å². The van der Waals surface area contributed by atoms with Crippen molar-refractivity contribution in [3.8, 4) is 5.69 Å². The molecule has 0 bridgehead atoms. The van der Waals surface area contributed by atoms with Crippen molar-refractivity contribution in [1.29, 1.82) is 0 Å². The predicted octanol–water partition coefficient (Wildman–Crippen LogP) is 9.95. The molecule has 0 fully saturated rings. The quantitative estimate of drug-likeness (QED) is 0.209. The molecule has 2 aliphatic rings. The molecule has 0 N–H and O–H groups in total.